The molecule has 2 rings (SSSR count). The standard InChI is InChI=1S/C17H26N2O2/c1-4-12-8-10-13(11-9-12)19(2)15-7-5-6-14(16(15)18)17(20)21-3/h5-7,12-13H,4,8-11,18H2,1-3H3. The molecular formula is C17H26N2O2. The summed E-state index contributed by atoms with van der Waals surface area (Å²) < 4.78 is 4.79. The lowest BCUT2D eigenvalue weighted by atomic mass is 9.84. The third kappa shape index (κ3) is 3.31. The SMILES string of the molecule is CCC1CCC(N(C)c2cccc(C(=O)OC)c2N)CC1. The smallest absolute Gasteiger partial charge is 0.340 e. The molecule has 0 aliphatic heterocycles. The number of para-hydroxylation sites is 1. The van der Waals surface area contributed by atoms with Crippen molar-refractivity contribution in [3.05, 3.63) is 23.8 Å². The fourth-order valence-corrected chi connectivity index (χ4v) is 3.29. The van der Waals surface area contributed by atoms with Gasteiger partial charge in [0.1, 0.15) is 0 Å². The van der Waals surface area contributed by atoms with E-state index >= 15 is 0 Å². The molecule has 21 heavy (non-hydrogen) atoms. The van der Waals surface area contributed by atoms with Crippen LogP contribution in [0, 0.1) is 5.92 Å². The summed E-state index contributed by atoms with van der Waals surface area (Å²) in [5.74, 6) is 0.492. The second kappa shape index (κ2) is 6.83. The average molecular weight is 290 g/mol. The molecule has 4 nitrogen and oxygen atoms in total. The monoisotopic (exact) mass is 290 g/mol. The van der Waals surface area contributed by atoms with Gasteiger partial charge < -0.3 is 15.4 Å². The maximum Gasteiger partial charge on any atom is 0.340 e. The predicted molar refractivity (Wildman–Crippen MR) is 86.6 cm³/mol. The number of ether oxygens (including phenoxy) is 1. The van der Waals surface area contributed by atoms with Crippen molar-refractivity contribution in [1.82, 2.24) is 0 Å². The average Bonchev–Trinajstić information content (AvgIpc) is 2.54. The minimum atomic E-state index is -0.377. The largest absolute Gasteiger partial charge is 0.465 e. The van der Waals surface area contributed by atoms with E-state index in [1.54, 1.807) is 6.07 Å². The lowest BCUT2D eigenvalue weighted by Gasteiger charge is -2.36. The summed E-state index contributed by atoms with van der Waals surface area (Å²) in [5.41, 5.74) is 8.07. The number of esters is 1. The van der Waals surface area contributed by atoms with Crippen LogP contribution in [-0.2, 0) is 4.74 Å². The molecule has 0 saturated heterocycles. The first-order valence-corrected chi connectivity index (χ1v) is 7.78. The Kier molecular flexibility index (Phi) is 5.10. The van der Waals surface area contributed by atoms with E-state index in [4.69, 9.17) is 10.5 Å². The Morgan fingerprint density at radius 2 is 2.00 bits per heavy atom. The molecule has 0 unspecified atom stereocenters. The number of nitrogen functional groups attached to an aromatic ring is 1. The predicted octanol–water partition coefficient (Wildman–Crippen LogP) is 3.46. The first kappa shape index (κ1) is 15.7. The van der Waals surface area contributed by atoms with Crippen LogP contribution >= 0.6 is 0 Å². The van der Waals surface area contributed by atoms with Crippen molar-refractivity contribution in [1.29, 1.82) is 0 Å². The van der Waals surface area contributed by atoms with Crippen LogP contribution in [0.4, 0.5) is 11.4 Å². The summed E-state index contributed by atoms with van der Waals surface area (Å²) in [4.78, 5) is 14.0. The zero-order valence-electron chi connectivity index (χ0n) is 13.3. The fourth-order valence-electron chi connectivity index (χ4n) is 3.29. The van der Waals surface area contributed by atoms with E-state index in [0.717, 1.165) is 11.6 Å². The third-order valence-corrected chi connectivity index (χ3v) is 4.81. The number of hydrogen-bond donors (Lipinski definition) is 1. The summed E-state index contributed by atoms with van der Waals surface area (Å²) in [6.07, 6.45) is 6.22. The molecule has 1 fully saturated rings. The number of rotatable bonds is 4. The van der Waals surface area contributed by atoms with Gasteiger partial charge in [0.25, 0.3) is 0 Å². The fraction of sp³-hybridized carbons (Fsp3) is 0.588. The van der Waals surface area contributed by atoms with Crippen LogP contribution in [0.3, 0.4) is 0 Å². The molecule has 0 spiro atoms. The van der Waals surface area contributed by atoms with E-state index in [9.17, 15) is 4.79 Å². The lowest BCUT2D eigenvalue weighted by molar-refractivity contribution is 0.0602. The zero-order chi connectivity index (χ0) is 15.4. The first-order chi connectivity index (χ1) is 10.1. The van der Waals surface area contributed by atoms with Crippen molar-refractivity contribution >= 4 is 17.3 Å². The molecule has 2 N–H and O–H groups in total. The normalized spacial score (nSPS) is 21.9. The maximum atomic E-state index is 11.7. The zero-order valence-corrected chi connectivity index (χ0v) is 13.3. The molecule has 4 heteroatoms. The summed E-state index contributed by atoms with van der Waals surface area (Å²) in [5, 5.41) is 0. The second-order valence-electron chi connectivity index (χ2n) is 5.92. The summed E-state index contributed by atoms with van der Waals surface area (Å²) >= 11 is 0. The molecule has 1 aromatic rings. The Morgan fingerprint density at radius 1 is 1.33 bits per heavy atom. The topological polar surface area (TPSA) is 55.6 Å². The van der Waals surface area contributed by atoms with Crippen molar-refractivity contribution in [2.75, 3.05) is 24.8 Å². The molecular weight excluding hydrogens is 264 g/mol. The molecule has 1 aromatic carbocycles. The van der Waals surface area contributed by atoms with Crippen LogP contribution in [0.25, 0.3) is 0 Å². The molecule has 0 heterocycles. The van der Waals surface area contributed by atoms with Crippen molar-refractivity contribution < 1.29 is 9.53 Å². The number of methoxy groups -OCH3 is 1. The van der Waals surface area contributed by atoms with Crippen molar-refractivity contribution in [2.24, 2.45) is 5.92 Å². The van der Waals surface area contributed by atoms with E-state index in [-0.39, 0.29) is 5.97 Å². The van der Waals surface area contributed by atoms with Crippen LogP contribution in [0.1, 0.15) is 49.4 Å². The van der Waals surface area contributed by atoms with E-state index in [1.165, 1.54) is 39.2 Å². The highest BCUT2D eigenvalue weighted by atomic mass is 16.5. The van der Waals surface area contributed by atoms with Crippen molar-refractivity contribution in [3.8, 4) is 0 Å². The lowest BCUT2D eigenvalue weighted by Crippen LogP contribution is -2.35. The quantitative estimate of drug-likeness (QED) is 0.681. The van der Waals surface area contributed by atoms with E-state index in [0.29, 0.717) is 17.3 Å². The maximum absolute atomic E-state index is 11.7. The van der Waals surface area contributed by atoms with Crippen LogP contribution in [0.2, 0.25) is 0 Å². The minimum Gasteiger partial charge on any atom is -0.465 e. The van der Waals surface area contributed by atoms with E-state index in [1.807, 2.05) is 12.1 Å². The highest BCUT2D eigenvalue weighted by molar-refractivity contribution is 5.98. The highest BCUT2D eigenvalue weighted by Gasteiger charge is 2.25. The number of hydrogen-bond acceptors (Lipinski definition) is 4. The van der Waals surface area contributed by atoms with Gasteiger partial charge in [0.05, 0.1) is 24.0 Å². The van der Waals surface area contributed by atoms with Crippen LogP contribution in [0.15, 0.2) is 18.2 Å². The number of carbonyl (C=O) groups is 1. The molecule has 0 radical (unpaired) electrons. The number of nitrogens with zero attached hydrogens (tertiary/aromatic N) is 1. The molecule has 0 amide bonds. The molecule has 0 bridgehead atoms. The van der Waals surface area contributed by atoms with Crippen LogP contribution in [-0.4, -0.2) is 26.2 Å². The van der Waals surface area contributed by atoms with Gasteiger partial charge in [-0.15, -0.1) is 0 Å². The Morgan fingerprint density at radius 3 is 2.57 bits per heavy atom. The molecule has 0 atom stereocenters. The number of anilines is 2. The Hall–Kier alpha value is -1.71. The second-order valence-corrected chi connectivity index (χ2v) is 5.92. The van der Waals surface area contributed by atoms with Gasteiger partial charge in [-0.2, -0.15) is 0 Å². The van der Waals surface area contributed by atoms with Gasteiger partial charge in [-0.3, -0.25) is 0 Å². The van der Waals surface area contributed by atoms with E-state index < -0.39 is 0 Å². The first-order valence-electron chi connectivity index (χ1n) is 7.78. The van der Waals surface area contributed by atoms with E-state index in [2.05, 4.69) is 18.9 Å². The summed E-state index contributed by atoms with van der Waals surface area (Å²) in [6.45, 7) is 2.27. The van der Waals surface area contributed by atoms with Crippen molar-refractivity contribution in [2.45, 2.75) is 45.1 Å². The molecule has 1 aliphatic carbocycles. The van der Waals surface area contributed by atoms with Crippen LogP contribution < -0.4 is 10.6 Å². The van der Waals surface area contributed by atoms with Gasteiger partial charge in [0.15, 0.2) is 0 Å². The van der Waals surface area contributed by atoms with Gasteiger partial charge in [-0.25, -0.2) is 4.79 Å². The Labute approximate surface area is 127 Å². The summed E-state index contributed by atoms with van der Waals surface area (Å²) in [6, 6.07) is 6.06. The molecule has 1 aliphatic rings. The number of carbonyl (C=O) groups excluding carboxylic acids is 1. The molecule has 1 saturated carbocycles. The molecule has 0 aromatic heterocycles. The van der Waals surface area contributed by atoms with Gasteiger partial charge in [0.2, 0.25) is 0 Å². The van der Waals surface area contributed by atoms with Crippen LogP contribution in [0.5, 0.6) is 0 Å². The third-order valence-electron chi connectivity index (χ3n) is 4.81. The van der Waals surface area contributed by atoms with Crippen molar-refractivity contribution in [3.63, 3.8) is 0 Å². The Bertz CT molecular complexity index is 494. The van der Waals surface area contributed by atoms with Gasteiger partial charge in [0, 0.05) is 13.1 Å². The number of benzene rings is 1. The Balaban J connectivity index is 2.16. The molecule has 116 valence electrons. The number of nitrogens with two attached hydrogens (primary N) is 1. The summed E-state index contributed by atoms with van der Waals surface area (Å²) in [7, 11) is 3.45. The van der Waals surface area contributed by atoms with Gasteiger partial charge in [-0.05, 0) is 43.7 Å². The minimum absolute atomic E-state index is 0.377. The van der Waals surface area contributed by atoms with Gasteiger partial charge in [-0.1, -0.05) is 19.4 Å². The van der Waals surface area contributed by atoms with Gasteiger partial charge >= 0.3 is 5.97 Å². The highest BCUT2D eigenvalue weighted by Crippen LogP contribution is 2.34.